The number of guanidine groups is 1. The Hall–Kier alpha value is -2.56. The number of aryl methyl sites for hydroxylation is 1. The van der Waals surface area contributed by atoms with E-state index in [2.05, 4.69) is 16.4 Å². The molecule has 2 aromatic carbocycles. The van der Waals surface area contributed by atoms with E-state index in [-0.39, 0.29) is 5.82 Å². The number of halogens is 1. The highest BCUT2D eigenvalue weighted by Gasteiger charge is 2.13. The Labute approximate surface area is 141 Å². The molecule has 2 aromatic rings. The second-order valence-corrected chi connectivity index (χ2v) is 5.98. The van der Waals surface area contributed by atoms with E-state index in [1.54, 1.807) is 6.07 Å². The number of ether oxygens (including phenoxy) is 1. The maximum atomic E-state index is 13.5. The van der Waals surface area contributed by atoms with Gasteiger partial charge in [-0.2, -0.15) is 0 Å². The fourth-order valence-electron chi connectivity index (χ4n) is 3.08. The molecule has 0 fully saturated rings. The third-order valence-electron chi connectivity index (χ3n) is 4.26. The molecule has 0 saturated carbocycles. The molecular formula is C19H22FN3O. The van der Waals surface area contributed by atoms with E-state index in [4.69, 9.17) is 10.5 Å². The van der Waals surface area contributed by atoms with Gasteiger partial charge >= 0.3 is 0 Å². The van der Waals surface area contributed by atoms with Gasteiger partial charge < -0.3 is 15.8 Å². The summed E-state index contributed by atoms with van der Waals surface area (Å²) in [5.74, 6) is 0.462. The summed E-state index contributed by atoms with van der Waals surface area (Å²) >= 11 is 0. The molecule has 0 saturated heterocycles. The van der Waals surface area contributed by atoms with Crippen LogP contribution < -0.4 is 15.8 Å². The minimum atomic E-state index is -0.344. The monoisotopic (exact) mass is 327 g/mol. The number of nitrogens with zero attached hydrogens (tertiary/aromatic N) is 1. The Morgan fingerprint density at radius 2 is 2.08 bits per heavy atom. The molecule has 0 heterocycles. The van der Waals surface area contributed by atoms with Gasteiger partial charge in [-0.05, 0) is 60.6 Å². The lowest BCUT2D eigenvalue weighted by molar-refractivity contribution is 0.410. The predicted octanol–water partition coefficient (Wildman–Crippen LogP) is 3.64. The molecule has 0 bridgehead atoms. The first-order chi connectivity index (χ1) is 11.7. The van der Waals surface area contributed by atoms with Gasteiger partial charge in [-0.15, -0.1) is 0 Å². The molecule has 126 valence electrons. The van der Waals surface area contributed by atoms with Crippen LogP contribution in [0.2, 0.25) is 0 Å². The number of aliphatic imine (C=N–C) groups is 1. The Kier molecular flexibility index (Phi) is 4.99. The van der Waals surface area contributed by atoms with E-state index in [9.17, 15) is 4.39 Å². The van der Waals surface area contributed by atoms with Crippen molar-refractivity contribution in [1.82, 2.24) is 0 Å². The maximum Gasteiger partial charge on any atom is 0.193 e. The largest absolute Gasteiger partial charge is 0.497 e. The van der Waals surface area contributed by atoms with Gasteiger partial charge in [0, 0.05) is 11.8 Å². The molecule has 0 atom stereocenters. The summed E-state index contributed by atoms with van der Waals surface area (Å²) in [6.07, 6.45) is 4.62. The van der Waals surface area contributed by atoms with Crippen molar-refractivity contribution in [3.05, 3.63) is 58.9 Å². The zero-order valence-corrected chi connectivity index (χ0v) is 13.8. The van der Waals surface area contributed by atoms with Crippen LogP contribution in [0.3, 0.4) is 0 Å². The number of methoxy groups -OCH3 is 1. The lowest BCUT2D eigenvalue weighted by atomic mass is 9.90. The third-order valence-corrected chi connectivity index (χ3v) is 4.26. The molecule has 0 spiro atoms. The van der Waals surface area contributed by atoms with Crippen molar-refractivity contribution >= 4 is 11.6 Å². The van der Waals surface area contributed by atoms with Crippen LogP contribution in [0.15, 0.2) is 41.4 Å². The predicted molar refractivity (Wildman–Crippen MR) is 95.0 cm³/mol. The molecule has 0 amide bonds. The quantitative estimate of drug-likeness (QED) is 0.666. The summed E-state index contributed by atoms with van der Waals surface area (Å²) in [7, 11) is 1.51. The highest BCUT2D eigenvalue weighted by molar-refractivity contribution is 5.93. The topological polar surface area (TPSA) is 59.6 Å². The van der Waals surface area contributed by atoms with Crippen LogP contribution in [-0.2, 0) is 19.4 Å². The molecular weight excluding hydrogens is 305 g/mol. The normalized spacial score (nSPS) is 14.2. The lowest BCUT2D eigenvalue weighted by Gasteiger charge is -2.19. The summed E-state index contributed by atoms with van der Waals surface area (Å²) < 4.78 is 18.6. The van der Waals surface area contributed by atoms with Gasteiger partial charge in [0.1, 0.15) is 11.6 Å². The Morgan fingerprint density at radius 3 is 2.92 bits per heavy atom. The van der Waals surface area contributed by atoms with Crippen LogP contribution in [-0.4, -0.2) is 13.1 Å². The van der Waals surface area contributed by atoms with Gasteiger partial charge in [-0.25, -0.2) is 9.38 Å². The van der Waals surface area contributed by atoms with E-state index >= 15 is 0 Å². The summed E-state index contributed by atoms with van der Waals surface area (Å²) in [6, 6.07) is 10.8. The molecule has 3 rings (SSSR count). The molecule has 3 N–H and O–H groups in total. The van der Waals surface area contributed by atoms with Gasteiger partial charge in [0.2, 0.25) is 0 Å². The van der Waals surface area contributed by atoms with E-state index in [1.807, 2.05) is 12.1 Å². The Bertz CT molecular complexity index is 758. The fraction of sp³-hybridized carbons (Fsp3) is 0.316. The highest BCUT2D eigenvalue weighted by Crippen LogP contribution is 2.27. The number of hydrogen-bond acceptors (Lipinski definition) is 2. The van der Waals surface area contributed by atoms with Gasteiger partial charge in [-0.1, -0.05) is 12.1 Å². The molecule has 0 aromatic heterocycles. The second kappa shape index (κ2) is 7.34. The van der Waals surface area contributed by atoms with Crippen LogP contribution >= 0.6 is 0 Å². The standard InChI is InChI=1S/C19H22FN3O/c1-24-16-10-13(9-15(20)11-16)12-22-19(21)23-18-8-4-6-14-5-2-3-7-17(14)18/h4,6,8-11H,2-3,5,7,12H2,1H3,(H3,21,22,23). The smallest absolute Gasteiger partial charge is 0.193 e. The second-order valence-electron chi connectivity index (χ2n) is 5.98. The minimum Gasteiger partial charge on any atom is -0.497 e. The molecule has 1 aliphatic rings. The van der Waals surface area contributed by atoms with E-state index < -0.39 is 0 Å². The average Bonchev–Trinajstić information content (AvgIpc) is 2.60. The minimum absolute atomic E-state index is 0.294. The van der Waals surface area contributed by atoms with E-state index in [0.717, 1.165) is 18.5 Å². The molecule has 0 aliphatic heterocycles. The van der Waals surface area contributed by atoms with Crippen molar-refractivity contribution in [3.8, 4) is 5.75 Å². The fourth-order valence-corrected chi connectivity index (χ4v) is 3.08. The average molecular weight is 327 g/mol. The number of anilines is 1. The summed E-state index contributed by atoms with van der Waals surface area (Å²) in [5.41, 5.74) is 10.5. The molecule has 5 heteroatoms. The van der Waals surface area contributed by atoms with Crippen LogP contribution in [0.25, 0.3) is 0 Å². The van der Waals surface area contributed by atoms with Crippen molar-refractivity contribution in [2.45, 2.75) is 32.2 Å². The van der Waals surface area contributed by atoms with Gasteiger partial charge in [0.15, 0.2) is 5.96 Å². The molecule has 1 aliphatic carbocycles. The number of rotatable bonds is 4. The maximum absolute atomic E-state index is 13.5. The first-order valence-corrected chi connectivity index (χ1v) is 8.17. The SMILES string of the molecule is COc1cc(F)cc(CN=C(N)Nc2cccc3c2CCCC3)c1. The first kappa shape index (κ1) is 16.3. The van der Waals surface area contributed by atoms with Gasteiger partial charge in [0.25, 0.3) is 0 Å². The highest BCUT2D eigenvalue weighted by atomic mass is 19.1. The van der Waals surface area contributed by atoms with E-state index in [0.29, 0.717) is 23.8 Å². The van der Waals surface area contributed by atoms with Crippen molar-refractivity contribution in [1.29, 1.82) is 0 Å². The molecule has 24 heavy (non-hydrogen) atoms. The third kappa shape index (κ3) is 3.85. The summed E-state index contributed by atoms with van der Waals surface area (Å²) in [6.45, 7) is 0.294. The zero-order valence-electron chi connectivity index (χ0n) is 13.8. The van der Waals surface area contributed by atoms with Gasteiger partial charge in [0.05, 0.1) is 13.7 Å². The van der Waals surface area contributed by atoms with Crippen molar-refractivity contribution in [3.63, 3.8) is 0 Å². The molecule has 4 nitrogen and oxygen atoms in total. The number of benzene rings is 2. The number of hydrogen-bond donors (Lipinski definition) is 2. The Balaban J connectivity index is 1.72. The number of nitrogens with two attached hydrogens (primary N) is 1. The summed E-state index contributed by atoms with van der Waals surface area (Å²) in [4.78, 5) is 4.32. The van der Waals surface area contributed by atoms with Crippen molar-refractivity contribution in [2.75, 3.05) is 12.4 Å². The molecule has 0 radical (unpaired) electrons. The molecule has 0 unspecified atom stereocenters. The van der Waals surface area contributed by atoms with Gasteiger partial charge in [-0.3, -0.25) is 0 Å². The Morgan fingerprint density at radius 1 is 1.25 bits per heavy atom. The number of fused-ring (bicyclic) bond motifs is 1. The van der Waals surface area contributed by atoms with Crippen molar-refractivity contribution in [2.24, 2.45) is 10.7 Å². The van der Waals surface area contributed by atoms with Crippen LogP contribution in [0, 0.1) is 5.82 Å². The first-order valence-electron chi connectivity index (χ1n) is 8.17. The summed E-state index contributed by atoms with van der Waals surface area (Å²) in [5, 5.41) is 3.19. The lowest BCUT2D eigenvalue weighted by Crippen LogP contribution is -2.24. The van der Waals surface area contributed by atoms with Crippen LogP contribution in [0.1, 0.15) is 29.5 Å². The van der Waals surface area contributed by atoms with Crippen LogP contribution in [0.4, 0.5) is 10.1 Å². The number of nitrogens with one attached hydrogen (secondary N) is 1. The van der Waals surface area contributed by atoms with Crippen molar-refractivity contribution < 1.29 is 9.13 Å². The van der Waals surface area contributed by atoms with E-state index in [1.165, 1.54) is 43.2 Å². The zero-order chi connectivity index (χ0) is 16.9. The van der Waals surface area contributed by atoms with Crippen LogP contribution in [0.5, 0.6) is 5.75 Å².